The molecule has 0 aliphatic carbocycles. The summed E-state index contributed by atoms with van der Waals surface area (Å²) in [7, 11) is 3.09. The molecule has 1 amide bonds. The van der Waals surface area contributed by atoms with Crippen LogP contribution in [-0.2, 0) is 4.79 Å². The number of hydrogen-bond acceptors (Lipinski definition) is 7. The van der Waals surface area contributed by atoms with Crippen LogP contribution in [0.1, 0.15) is 6.92 Å². The molecule has 0 saturated heterocycles. The highest BCUT2D eigenvalue weighted by molar-refractivity contribution is 5.82. The third kappa shape index (κ3) is 3.50. The quantitative estimate of drug-likeness (QED) is 0.551. The van der Waals surface area contributed by atoms with E-state index < -0.39 is 4.92 Å². The molecule has 1 aromatic heterocycles. The number of nitrogens with zero attached hydrogens (tertiary/aromatic N) is 4. The van der Waals surface area contributed by atoms with Gasteiger partial charge in [-0.1, -0.05) is 0 Å². The molecule has 0 aliphatic rings. The van der Waals surface area contributed by atoms with E-state index in [9.17, 15) is 14.9 Å². The molecule has 0 atom stereocenters. The number of amides is 1. The lowest BCUT2D eigenvalue weighted by atomic mass is 10.4. The van der Waals surface area contributed by atoms with E-state index in [1.807, 2.05) is 0 Å². The largest absolute Gasteiger partial charge is 0.367 e. The minimum absolute atomic E-state index is 0.0190. The second-order valence-electron chi connectivity index (χ2n) is 3.71. The van der Waals surface area contributed by atoms with Crippen LogP contribution in [0.15, 0.2) is 6.33 Å². The van der Waals surface area contributed by atoms with Crippen molar-refractivity contribution in [3.63, 3.8) is 0 Å². The van der Waals surface area contributed by atoms with Gasteiger partial charge in [-0.15, -0.1) is 0 Å². The molecule has 0 bridgehead atoms. The molecular weight excluding hydrogens is 252 g/mol. The summed E-state index contributed by atoms with van der Waals surface area (Å²) in [5.74, 6) is -0.0303. The molecule has 1 rings (SSSR count). The number of likely N-dealkylation sites (N-methyl/N-ethyl adjacent to an activating group) is 2. The van der Waals surface area contributed by atoms with Gasteiger partial charge in [0.15, 0.2) is 0 Å². The topological polar surface area (TPSA) is 113 Å². The first-order valence-electron chi connectivity index (χ1n) is 5.66. The lowest BCUT2D eigenvalue weighted by Crippen LogP contribution is -2.35. The van der Waals surface area contributed by atoms with Crippen molar-refractivity contribution < 1.29 is 9.72 Å². The van der Waals surface area contributed by atoms with E-state index in [0.717, 1.165) is 0 Å². The first-order chi connectivity index (χ1) is 9.01. The first kappa shape index (κ1) is 14.6. The molecule has 0 unspecified atom stereocenters. The predicted octanol–water partition coefficient (Wildman–Crippen LogP) is -0.00120. The summed E-state index contributed by atoms with van der Waals surface area (Å²) in [5, 5.41) is 16.3. The highest BCUT2D eigenvalue weighted by atomic mass is 16.6. The average molecular weight is 268 g/mol. The number of nitrogens with one attached hydrogen (secondary N) is 2. The van der Waals surface area contributed by atoms with Crippen LogP contribution in [0.5, 0.6) is 0 Å². The van der Waals surface area contributed by atoms with Crippen LogP contribution in [0.4, 0.5) is 17.3 Å². The summed E-state index contributed by atoms with van der Waals surface area (Å²) in [6.45, 7) is 2.28. The summed E-state index contributed by atoms with van der Waals surface area (Å²) in [6.07, 6.45) is 1.21. The Morgan fingerprint density at radius 2 is 2.21 bits per heavy atom. The second kappa shape index (κ2) is 6.47. The molecule has 0 aliphatic heterocycles. The van der Waals surface area contributed by atoms with Crippen molar-refractivity contribution in [3.8, 4) is 0 Å². The zero-order valence-corrected chi connectivity index (χ0v) is 11.0. The van der Waals surface area contributed by atoms with Gasteiger partial charge < -0.3 is 15.5 Å². The highest BCUT2D eigenvalue weighted by Crippen LogP contribution is 2.30. The van der Waals surface area contributed by atoms with E-state index >= 15 is 0 Å². The Morgan fingerprint density at radius 3 is 2.74 bits per heavy atom. The number of carbonyl (C=O) groups excluding carboxylic acids is 1. The summed E-state index contributed by atoms with van der Waals surface area (Å²) in [4.78, 5) is 31.1. The van der Waals surface area contributed by atoms with Crippen molar-refractivity contribution in [2.75, 3.05) is 37.4 Å². The van der Waals surface area contributed by atoms with Crippen LogP contribution in [0, 0.1) is 10.1 Å². The minimum Gasteiger partial charge on any atom is -0.367 e. The van der Waals surface area contributed by atoms with Gasteiger partial charge in [0.25, 0.3) is 0 Å². The number of carbonyl (C=O) groups is 1. The predicted molar refractivity (Wildman–Crippen MR) is 70.2 cm³/mol. The third-order valence-electron chi connectivity index (χ3n) is 2.34. The number of rotatable bonds is 6. The van der Waals surface area contributed by atoms with Gasteiger partial charge in [-0.2, -0.15) is 0 Å². The molecule has 104 valence electrons. The zero-order chi connectivity index (χ0) is 14.4. The molecular formula is C10H16N6O3. The Labute approximate surface area is 110 Å². The van der Waals surface area contributed by atoms with Gasteiger partial charge in [-0.25, -0.2) is 9.97 Å². The molecule has 0 radical (unpaired) electrons. The highest BCUT2D eigenvalue weighted by Gasteiger charge is 2.25. The summed E-state index contributed by atoms with van der Waals surface area (Å²) in [6, 6.07) is 0. The van der Waals surface area contributed by atoms with Crippen molar-refractivity contribution in [2.45, 2.75) is 6.92 Å². The number of nitro groups is 1. The lowest BCUT2D eigenvalue weighted by molar-refractivity contribution is -0.383. The molecule has 1 heterocycles. The molecule has 0 fully saturated rings. The minimum atomic E-state index is -0.574. The second-order valence-corrected chi connectivity index (χ2v) is 3.71. The Balaban J connectivity index is 3.05. The van der Waals surface area contributed by atoms with E-state index in [1.165, 1.54) is 18.3 Å². The standard InChI is InChI=1S/C10H16N6O3/c1-4-12-7(17)5-15(3)10-8(16(18)19)9(11-2)13-6-14-10/h6H,4-5H2,1-3H3,(H,12,17)(H,11,13,14). The van der Waals surface area contributed by atoms with Crippen molar-refractivity contribution in [2.24, 2.45) is 0 Å². The number of anilines is 2. The fraction of sp³-hybridized carbons (Fsp3) is 0.500. The summed E-state index contributed by atoms with van der Waals surface area (Å²) >= 11 is 0. The van der Waals surface area contributed by atoms with Crippen LogP contribution in [0.2, 0.25) is 0 Å². The van der Waals surface area contributed by atoms with E-state index in [4.69, 9.17) is 0 Å². The van der Waals surface area contributed by atoms with Gasteiger partial charge in [-0.3, -0.25) is 14.9 Å². The molecule has 0 aromatic carbocycles. The summed E-state index contributed by atoms with van der Waals surface area (Å²) < 4.78 is 0. The fourth-order valence-corrected chi connectivity index (χ4v) is 1.54. The number of aromatic nitrogens is 2. The maximum atomic E-state index is 11.5. The van der Waals surface area contributed by atoms with Gasteiger partial charge in [-0.05, 0) is 6.92 Å². The third-order valence-corrected chi connectivity index (χ3v) is 2.34. The molecule has 9 heteroatoms. The maximum Gasteiger partial charge on any atom is 0.353 e. The Bertz CT molecular complexity index is 478. The van der Waals surface area contributed by atoms with Crippen LogP contribution >= 0.6 is 0 Å². The van der Waals surface area contributed by atoms with E-state index in [1.54, 1.807) is 14.0 Å². The van der Waals surface area contributed by atoms with Gasteiger partial charge >= 0.3 is 5.69 Å². The smallest absolute Gasteiger partial charge is 0.353 e. The van der Waals surface area contributed by atoms with Crippen LogP contribution in [0.3, 0.4) is 0 Å². The van der Waals surface area contributed by atoms with Gasteiger partial charge in [0.1, 0.15) is 6.33 Å². The molecule has 9 nitrogen and oxygen atoms in total. The van der Waals surface area contributed by atoms with Gasteiger partial charge in [0.05, 0.1) is 11.5 Å². The molecule has 2 N–H and O–H groups in total. The first-order valence-corrected chi connectivity index (χ1v) is 5.66. The average Bonchev–Trinajstić information content (AvgIpc) is 2.37. The van der Waals surface area contributed by atoms with Crippen molar-refractivity contribution in [1.82, 2.24) is 15.3 Å². The normalized spacial score (nSPS) is 9.84. The fourth-order valence-electron chi connectivity index (χ4n) is 1.54. The van der Waals surface area contributed by atoms with E-state index in [-0.39, 0.29) is 29.8 Å². The van der Waals surface area contributed by atoms with Crippen molar-refractivity contribution in [1.29, 1.82) is 0 Å². The zero-order valence-electron chi connectivity index (χ0n) is 11.0. The maximum absolute atomic E-state index is 11.5. The van der Waals surface area contributed by atoms with Crippen LogP contribution in [-0.4, -0.2) is 48.0 Å². The monoisotopic (exact) mass is 268 g/mol. The van der Waals surface area contributed by atoms with Crippen LogP contribution in [0.25, 0.3) is 0 Å². The molecule has 0 saturated carbocycles. The van der Waals surface area contributed by atoms with Crippen LogP contribution < -0.4 is 15.5 Å². The molecule has 1 aromatic rings. The Hall–Kier alpha value is -2.45. The molecule has 0 spiro atoms. The van der Waals surface area contributed by atoms with Gasteiger partial charge in [0, 0.05) is 20.6 Å². The van der Waals surface area contributed by atoms with E-state index in [2.05, 4.69) is 20.6 Å². The Morgan fingerprint density at radius 1 is 1.53 bits per heavy atom. The lowest BCUT2D eigenvalue weighted by Gasteiger charge is -2.17. The SMILES string of the molecule is CCNC(=O)CN(C)c1ncnc(NC)c1[N+](=O)[O-]. The summed E-state index contributed by atoms with van der Waals surface area (Å²) in [5.41, 5.74) is -0.253. The molecule has 19 heavy (non-hydrogen) atoms. The van der Waals surface area contributed by atoms with Crippen molar-refractivity contribution >= 4 is 23.2 Å². The van der Waals surface area contributed by atoms with E-state index in [0.29, 0.717) is 6.54 Å². The Kier molecular flexibility index (Phi) is 4.98. The number of hydrogen-bond donors (Lipinski definition) is 2. The van der Waals surface area contributed by atoms with Crippen molar-refractivity contribution in [3.05, 3.63) is 16.4 Å². The van der Waals surface area contributed by atoms with Gasteiger partial charge in [0.2, 0.25) is 17.5 Å².